The molecule has 2 N–H and O–H groups in total. The average Bonchev–Trinajstić information content (AvgIpc) is 3.07. The van der Waals surface area contributed by atoms with Gasteiger partial charge < -0.3 is 5.32 Å². The van der Waals surface area contributed by atoms with Crippen LogP contribution in [0.25, 0.3) is 0 Å². The standard InChI is InChI=1S/C17H16N4O3S2/c22-16(19-11-13-6-8-18-9-7-13)10-14-12-25-17(20-14)21-26(23,24)15-4-2-1-3-5-15/h1-9,12H,10-11H2,(H,19,22)(H,20,21). The molecule has 0 aliphatic carbocycles. The predicted octanol–water partition coefficient (Wildman–Crippen LogP) is 2.20. The van der Waals surface area contributed by atoms with Crippen molar-refractivity contribution in [3.63, 3.8) is 0 Å². The molecule has 3 aromatic rings. The van der Waals surface area contributed by atoms with E-state index >= 15 is 0 Å². The van der Waals surface area contributed by atoms with Crippen LogP contribution < -0.4 is 10.0 Å². The molecule has 0 radical (unpaired) electrons. The van der Waals surface area contributed by atoms with Crippen molar-refractivity contribution < 1.29 is 13.2 Å². The number of nitrogens with zero attached hydrogens (tertiary/aromatic N) is 2. The van der Waals surface area contributed by atoms with Gasteiger partial charge >= 0.3 is 0 Å². The molecule has 0 atom stereocenters. The molecule has 1 amide bonds. The van der Waals surface area contributed by atoms with Crippen molar-refractivity contribution in [2.45, 2.75) is 17.9 Å². The van der Waals surface area contributed by atoms with Crippen molar-refractivity contribution in [1.29, 1.82) is 0 Å². The molecule has 0 aliphatic heterocycles. The molecule has 1 aromatic carbocycles. The van der Waals surface area contributed by atoms with Crippen LogP contribution in [0, 0.1) is 0 Å². The summed E-state index contributed by atoms with van der Waals surface area (Å²) in [6.07, 6.45) is 3.40. The van der Waals surface area contributed by atoms with Gasteiger partial charge in [0.2, 0.25) is 5.91 Å². The Morgan fingerprint density at radius 3 is 2.54 bits per heavy atom. The summed E-state index contributed by atoms with van der Waals surface area (Å²) in [5, 5.41) is 4.68. The zero-order valence-corrected chi connectivity index (χ0v) is 15.3. The number of amides is 1. The fraction of sp³-hybridized carbons (Fsp3) is 0.118. The minimum atomic E-state index is -3.68. The van der Waals surface area contributed by atoms with E-state index in [0.29, 0.717) is 12.2 Å². The third-order valence-electron chi connectivity index (χ3n) is 3.41. The Balaban J connectivity index is 1.57. The molecule has 3 rings (SSSR count). The van der Waals surface area contributed by atoms with Crippen LogP contribution in [0.3, 0.4) is 0 Å². The lowest BCUT2D eigenvalue weighted by Gasteiger charge is -2.05. The van der Waals surface area contributed by atoms with E-state index < -0.39 is 10.0 Å². The van der Waals surface area contributed by atoms with Gasteiger partial charge in [-0.2, -0.15) is 0 Å². The van der Waals surface area contributed by atoms with Crippen LogP contribution in [0.1, 0.15) is 11.3 Å². The minimum absolute atomic E-state index is 0.0780. The fourth-order valence-corrected chi connectivity index (χ4v) is 4.12. The smallest absolute Gasteiger partial charge is 0.263 e. The van der Waals surface area contributed by atoms with Gasteiger partial charge in [0.1, 0.15) is 0 Å². The topological polar surface area (TPSA) is 101 Å². The summed E-state index contributed by atoms with van der Waals surface area (Å²) in [5.74, 6) is -0.190. The second-order valence-electron chi connectivity index (χ2n) is 5.37. The molecule has 0 unspecified atom stereocenters. The number of carbonyl (C=O) groups is 1. The van der Waals surface area contributed by atoms with Gasteiger partial charge in [-0.1, -0.05) is 18.2 Å². The SMILES string of the molecule is O=C(Cc1csc(NS(=O)(=O)c2ccccc2)n1)NCc1ccncc1. The molecule has 0 fully saturated rings. The van der Waals surface area contributed by atoms with Gasteiger partial charge in [0.05, 0.1) is 17.0 Å². The van der Waals surface area contributed by atoms with E-state index in [1.807, 2.05) is 12.1 Å². The van der Waals surface area contributed by atoms with Gasteiger partial charge in [-0.15, -0.1) is 11.3 Å². The maximum atomic E-state index is 12.3. The second kappa shape index (κ2) is 8.07. The molecule has 134 valence electrons. The van der Waals surface area contributed by atoms with Crippen molar-refractivity contribution in [2.24, 2.45) is 0 Å². The number of hydrogen-bond donors (Lipinski definition) is 2. The Morgan fingerprint density at radius 2 is 1.81 bits per heavy atom. The third-order valence-corrected chi connectivity index (χ3v) is 5.70. The quantitative estimate of drug-likeness (QED) is 0.646. The van der Waals surface area contributed by atoms with Gasteiger partial charge in [0.15, 0.2) is 5.13 Å². The van der Waals surface area contributed by atoms with E-state index in [0.717, 1.165) is 16.9 Å². The van der Waals surface area contributed by atoms with Gasteiger partial charge in [0, 0.05) is 24.3 Å². The number of benzene rings is 1. The van der Waals surface area contributed by atoms with E-state index in [1.54, 1.807) is 36.0 Å². The molecule has 0 bridgehead atoms. The Bertz CT molecular complexity index is 974. The first-order valence-electron chi connectivity index (χ1n) is 7.71. The summed E-state index contributed by atoms with van der Waals surface area (Å²) in [4.78, 5) is 20.3. The number of thiazole rings is 1. The first kappa shape index (κ1) is 18.0. The number of sulfonamides is 1. The summed E-state index contributed by atoms with van der Waals surface area (Å²) in [7, 11) is -3.68. The van der Waals surface area contributed by atoms with Crippen LogP contribution in [0.2, 0.25) is 0 Å². The summed E-state index contributed by atoms with van der Waals surface area (Å²) < 4.78 is 27.0. The monoisotopic (exact) mass is 388 g/mol. The van der Waals surface area contributed by atoms with E-state index in [1.165, 1.54) is 12.1 Å². The number of aromatic nitrogens is 2. The average molecular weight is 388 g/mol. The highest BCUT2D eigenvalue weighted by Crippen LogP contribution is 2.20. The lowest BCUT2D eigenvalue weighted by atomic mass is 10.2. The minimum Gasteiger partial charge on any atom is -0.352 e. The number of hydrogen-bond acceptors (Lipinski definition) is 6. The molecule has 2 aromatic heterocycles. The Morgan fingerprint density at radius 1 is 1.08 bits per heavy atom. The summed E-state index contributed by atoms with van der Waals surface area (Å²) in [6, 6.07) is 11.7. The maximum Gasteiger partial charge on any atom is 0.263 e. The van der Waals surface area contributed by atoms with Crippen molar-refractivity contribution >= 4 is 32.4 Å². The molecule has 9 heteroatoms. The van der Waals surface area contributed by atoms with Crippen LogP contribution in [0.4, 0.5) is 5.13 Å². The molecular weight excluding hydrogens is 372 g/mol. The van der Waals surface area contributed by atoms with E-state index in [9.17, 15) is 13.2 Å². The van der Waals surface area contributed by atoms with Gasteiger partial charge in [-0.05, 0) is 29.8 Å². The van der Waals surface area contributed by atoms with Gasteiger partial charge in [-0.3, -0.25) is 14.5 Å². The highest BCUT2D eigenvalue weighted by Gasteiger charge is 2.16. The van der Waals surface area contributed by atoms with Crippen molar-refractivity contribution in [3.8, 4) is 0 Å². The normalized spacial score (nSPS) is 11.1. The van der Waals surface area contributed by atoms with Crippen LogP contribution in [0.5, 0.6) is 0 Å². The van der Waals surface area contributed by atoms with Crippen LogP contribution >= 0.6 is 11.3 Å². The van der Waals surface area contributed by atoms with E-state index in [4.69, 9.17) is 0 Å². The summed E-state index contributed by atoms with van der Waals surface area (Å²) in [6.45, 7) is 0.402. The molecule has 0 saturated heterocycles. The summed E-state index contributed by atoms with van der Waals surface area (Å²) in [5.41, 5.74) is 1.45. The fourth-order valence-electron chi connectivity index (χ4n) is 2.14. The van der Waals surface area contributed by atoms with Crippen LogP contribution in [0.15, 0.2) is 65.1 Å². The molecule has 26 heavy (non-hydrogen) atoms. The molecule has 2 heterocycles. The number of anilines is 1. The molecule has 7 nitrogen and oxygen atoms in total. The van der Waals surface area contributed by atoms with Crippen molar-refractivity contribution in [1.82, 2.24) is 15.3 Å². The van der Waals surface area contributed by atoms with E-state index in [-0.39, 0.29) is 22.4 Å². The number of rotatable bonds is 7. The summed E-state index contributed by atoms with van der Waals surface area (Å²) >= 11 is 1.14. The molecular formula is C17H16N4O3S2. The first-order chi connectivity index (χ1) is 12.5. The van der Waals surface area contributed by atoms with E-state index in [2.05, 4.69) is 20.0 Å². The van der Waals surface area contributed by atoms with Crippen molar-refractivity contribution in [3.05, 3.63) is 71.5 Å². The van der Waals surface area contributed by atoms with Crippen molar-refractivity contribution in [2.75, 3.05) is 4.72 Å². The molecule has 0 spiro atoms. The van der Waals surface area contributed by atoms with Gasteiger partial charge in [-0.25, -0.2) is 13.4 Å². The number of nitrogens with one attached hydrogen (secondary N) is 2. The molecule has 0 saturated carbocycles. The van der Waals surface area contributed by atoms with Crippen LogP contribution in [-0.2, 0) is 27.8 Å². The lowest BCUT2D eigenvalue weighted by molar-refractivity contribution is -0.120. The zero-order valence-electron chi connectivity index (χ0n) is 13.6. The first-order valence-corrected chi connectivity index (χ1v) is 10.1. The third kappa shape index (κ3) is 4.87. The Hall–Kier alpha value is -2.78. The number of pyridine rings is 1. The maximum absolute atomic E-state index is 12.3. The van der Waals surface area contributed by atoms with Gasteiger partial charge in [0.25, 0.3) is 10.0 Å². The predicted molar refractivity (Wildman–Crippen MR) is 99.2 cm³/mol. The van der Waals surface area contributed by atoms with Crippen LogP contribution in [-0.4, -0.2) is 24.3 Å². The number of carbonyl (C=O) groups excluding carboxylic acids is 1. The largest absolute Gasteiger partial charge is 0.352 e. The lowest BCUT2D eigenvalue weighted by Crippen LogP contribution is -2.24. The highest BCUT2D eigenvalue weighted by molar-refractivity contribution is 7.93. The molecule has 0 aliphatic rings. The second-order valence-corrected chi connectivity index (χ2v) is 7.91. The zero-order chi connectivity index (χ0) is 18.4. The Kier molecular flexibility index (Phi) is 5.59. The highest BCUT2D eigenvalue weighted by atomic mass is 32.2. The Labute approximate surface area is 155 Å².